The second kappa shape index (κ2) is 12.3. The maximum absolute atomic E-state index is 14.4. The number of halogens is 1. The van der Waals surface area contributed by atoms with Gasteiger partial charge in [0.2, 0.25) is 0 Å². The first-order chi connectivity index (χ1) is 23.0. The van der Waals surface area contributed by atoms with Crippen LogP contribution in [0.5, 0.6) is 0 Å². The molecule has 5 nitrogen and oxygen atoms in total. The van der Waals surface area contributed by atoms with Gasteiger partial charge in [-0.25, -0.2) is 4.39 Å². The fraction of sp³-hybridized carbons (Fsp3) is 0.244. The molecule has 47 heavy (non-hydrogen) atoms. The van der Waals surface area contributed by atoms with E-state index in [9.17, 15) is 9.18 Å². The number of amides is 1. The van der Waals surface area contributed by atoms with Gasteiger partial charge < -0.3 is 14.4 Å². The Hall–Kier alpha value is -4.94. The SMILES string of the molecule is Cn1c2ccccc2c2cc([C@@H]3[C@@H](CN4CCN(c5ccc(F)cc5)CC4)c4ccccc4C(=O)N3CCc3ccccc3)ccc21. The molecule has 0 saturated carbocycles. The van der Waals surface area contributed by atoms with Crippen LogP contribution in [0.3, 0.4) is 0 Å². The lowest BCUT2D eigenvalue weighted by Gasteiger charge is -2.45. The lowest BCUT2D eigenvalue weighted by molar-refractivity contribution is 0.0579. The van der Waals surface area contributed by atoms with Gasteiger partial charge in [0.1, 0.15) is 5.82 Å². The van der Waals surface area contributed by atoms with Gasteiger partial charge in [0, 0.05) is 85.3 Å². The molecule has 1 amide bonds. The van der Waals surface area contributed by atoms with E-state index in [0.717, 1.165) is 56.0 Å². The Kier molecular flexibility index (Phi) is 7.74. The van der Waals surface area contributed by atoms with E-state index in [-0.39, 0.29) is 23.7 Å². The molecule has 1 saturated heterocycles. The summed E-state index contributed by atoms with van der Waals surface area (Å²) in [5.41, 5.74) is 7.84. The van der Waals surface area contributed by atoms with Crippen molar-refractivity contribution in [1.82, 2.24) is 14.4 Å². The lowest BCUT2D eigenvalue weighted by atomic mass is 9.79. The molecule has 0 N–H and O–H groups in total. The van der Waals surface area contributed by atoms with Crippen LogP contribution in [-0.4, -0.2) is 59.5 Å². The van der Waals surface area contributed by atoms with Crippen LogP contribution in [0.1, 0.15) is 39.0 Å². The summed E-state index contributed by atoms with van der Waals surface area (Å²) in [5.74, 6) is 0.00356. The number of carbonyl (C=O) groups is 1. The molecule has 6 aromatic rings. The molecule has 2 aliphatic rings. The second-order valence-corrected chi connectivity index (χ2v) is 13.0. The van der Waals surface area contributed by atoms with Crippen LogP contribution in [0.4, 0.5) is 10.1 Å². The Labute approximate surface area is 275 Å². The summed E-state index contributed by atoms with van der Waals surface area (Å²) >= 11 is 0. The number of nitrogens with zero attached hydrogens (tertiary/aromatic N) is 4. The summed E-state index contributed by atoms with van der Waals surface area (Å²) in [6.07, 6.45) is 0.796. The molecule has 3 heterocycles. The lowest BCUT2D eigenvalue weighted by Crippen LogP contribution is -2.51. The van der Waals surface area contributed by atoms with Crippen molar-refractivity contribution in [1.29, 1.82) is 0 Å². The van der Waals surface area contributed by atoms with Crippen molar-refractivity contribution in [3.05, 3.63) is 149 Å². The van der Waals surface area contributed by atoms with Gasteiger partial charge in [0.25, 0.3) is 5.91 Å². The molecular formula is C41H39FN4O. The number of carbonyl (C=O) groups excluding carboxylic acids is 1. The standard InChI is InChI=1S/C41H39FN4O/c1-43-38-14-8-7-12-34(38)36-27-30(15-20-39(36)43)40-37(28-44-23-25-45(26-24-44)32-18-16-31(42)17-19-32)33-11-5-6-13-35(33)41(47)46(40)22-21-29-9-3-2-4-10-29/h2-20,27,37,40H,21-26,28H2,1H3/t37-,40+/m0/s1. The van der Waals surface area contributed by atoms with E-state index >= 15 is 0 Å². The van der Waals surface area contributed by atoms with Crippen LogP contribution >= 0.6 is 0 Å². The third kappa shape index (κ3) is 5.47. The molecule has 8 rings (SSSR count). The van der Waals surface area contributed by atoms with Crippen molar-refractivity contribution in [3.8, 4) is 0 Å². The number of rotatable bonds is 7. The van der Waals surface area contributed by atoms with Crippen LogP contribution in [0.25, 0.3) is 21.8 Å². The largest absolute Gasteiger partial charge is 0.369 e. The highest BCUT2D eigenvalue weighted by Gasteiger charge is 2.41. The van der Waals surface area contributed by atoms with Crippen LogP contribution in [0, 0.1) is 5.82 Å². The van der Waals surface area contributed by atoms with Crippen LogP contribution in [0.2, 0.25) is 0 Å². The fourth-order valence-corrected chi connectivity index (χ4v) is 7.92. The van der Waals surface area contributed by atoms with Gasteiger partial charge in [-0.15, -0.1) is 0 Å². The van der Waals surface area contributed by atoms with Gasteiger partial charge in [-0.3, -0.25) is 9.69 Å². The minimum atomic E-state index is -0.206. The Morgan fingerprint density at radius 2 is 1.43 bits per heavy atom. The van der Waals surface area contributed by atoms with Gasteiger partial charge in [-0.2, -0.15) is 0 Å². The summed E-state index contributed by atoms with van der Waals surface area (Å²) in [5, 5.41) is 2.46. The third-order valence-corrected chi connectivity index (χ3v) is 10.4. The summed E-state index contributed by atoms with van der Waals surface area (Å²) in [6.45, 7) is 5.06. The number of anilines is 1. The van der Waals surface area contributed by atoms with E-state index in [1.807, 2.05) is 30.3 Å². The number of aromatic nitrogens is 1. The number of aryl methyl sites for hydroxylation is 1. The monoisotopic (exact) mass is 622 g/mol. The maximum Gasteiger partial charge on any atom is 0.254 e. The molecule has 0 spiro atoms. The Morgan fingerprint density at radius 3 is 2.23 bits per heavy atom. The van der Waals surface area contributed by atoms with Crippen molar-refractivity contribution in [3.63, 3.8) is 0 Å². The van der Waals surface area contributed by atoms with Crippen molar-refractivity contribution in [2.24, 2.45) is 7.05 Å². The minimum absolute atomic E-state index is 0.101. The molecule has 5 aromatic carbocycles. The summed E-state index contributed by atoms with van der Waals surface area (Å²) in [4.78, 5) is 21.5. The summed E-state index contributed by atoms with van der Waals surface area (Å²) < 4.78 is 15.9. The van der Waals surface area contributed by atoms with E-state index in [4.69, 9.17) is 0 Å². The van der Waals surface area contributed by atoms with Crippen LogP contribution in [-0.2, 0) is 13.5 Å². The van der Waals surface area contributed by atoms with Crippen molar-refractivity contribution < 1.29 is 9.18 Å². The molecule has 0 unspecified atom stereocenters. The Bertz CT molecular complexity index is 2050. The number of benzene rings is 5. The smallest absolute Gasteiger partial charge is 0.254 e. The molecule has 1 fully saturated rings. The quantitative estimate of drug-likeness (QED) is 0.182. The first-order valence-corrected chi connectivity index (χ1v) is 16.7. The molecule has 1 aromatic heterocycles. The van der Waals surface area contributed by atoms with E-state index in [2.05, 4.69) is 105 Å². The van der Waals surface area contributed by atoms with E-state index in [0.29, 0.717) is 6.54 Å². The molecule has 6 heteroatoms. The van der Waals surface area contributed by atoms with Crippen molar-refractivity contribution in [2.45, 2.75) is 18.4 Å². The number of hydrogen-bond acceptors (Lipinski definition) is 3. The average Bonchev–Trinajstić information content (AvgIpc) is 3.40. The van der Waals surface area contributed by atoms with Gasteiger partial charge in [-0.05, 0) is 71.6 Å². The molecule has 2 aliphatic heterocycles. The first kappa shape index (κ1) is 29.5. The van der Waals surface area contributed by atoms with Gasteiger partial charge in [0.05, 0.1) is 6.04 Å². The number of hydrogen-bond donors (Lipinski definition) is 0. The molecule has 0 bridgehead atoms. The second-order valence-electron chi connectivity index (χ2n) is 13.0. The van der Waals surface area contributed by atoms with Gasteiger partial charge in [0.15, 0.2) is 0 Å². The predicted molar refractivity (Wildman–Crippen MR) is 189 cm³/mol. The van der Waals surface area contributed by atoms with E-state index in [1.54, 1.807) is 12.1 Å². The number of piperazine rings is 1. The maximum atomic E-state index is 14.4. The zero-order chi connectivity index (χ0) is 31.9. The number of fused-ring (bicyclic) bond motifs is 4. The number of para-hydroxylation sites is 1. The predicted octanol–water partition coefficient (Wildman–Crippen LogP) is 7.82. The van der Waals surface area contributed by atoms with Gasteiger partial charge >= 0.3 is 0 Å². The molecule has 0 aliphatic carbocycles. The summed E-state index contributed by atoms with van der Waals surface area (Å²) in [6, 6.07) is 40.9. The zero-order valence-electron chi connectivity index (χ0n) is 26.7. The molecule has 236 valence electrons. The van der Waals surface area contributed by atoms with Crippen LogP contribution < -0.4 is 4.90 Å². The highest BCUT2D eigenvalue weighted by molar-refractivity contribution is 6.08. The Morgan fingerprint density at radius 1 is 0.723 bits per heavy atom. The first-order valence-electron chi connectivity index (χ1n) is 16.7. The zero-order valence-corrected chi connectivity index (χ0v) is 26.7. The third-order valence-electron chi connectivity index (χ3n) is 10.4. The molecule has 2 atom stereocenters. The molecular weight excluding hydrogens is 583 g/mol. The van der Waals surface area contributed by atoms with E-state index in [1.165, 1.54) is 32.9 Å². The van der Waals surface area contributed by atoms with Gasteiger partial charge in [-0.1, -0.05) is 72.8 Å². The highest BCUT2D eigenvalue weighted by atomic mass is 19.1. The topological polar surface area (TPSA) is 31.7 Å². The van der Waals surface area contributed by atoms with Crippen molar-refractivity contribution >= 4 is 33.4 Å². The van der Waals surface area contributed by atoms with Crippen molar-refractivity contribution in [2.75, 3.05) is 44.2 Å². The average molecular weight is 623 g/mol. The fourth-order valence-electron chi connectivity index (χ4n) is 7.92. The minimum Gasteiger partial charge on any atom is -0.369 e. The molecule has 0 radical (unpaired) electrons. The van der Waals surface area contributed by atoms with E-state index < -0.39 is 0 Å². The highest BCUT2D eigenvalue weighted by Crippen LogP contribution is 2.44. The Balaban J connectivity index is 1.18. The normalized spacial score (nSPS) is 18.6. The van der Waals surface area contributed by atoms with Crippen LogP contribution in [0.15, 0.2) is 121 Å². The summed E-state index contributed by atoms with van der Waals surface area (Å²) in [7, 11) is 2.13.